The van der Waals surface area contributed by atoms with Crippen LogP contribution < -0.4 is 0 Å². The van der Waals surface area contributed by atoms with Crippen molar-refractivity contribution in [1.82, 2.24) is 9.88 Å². The molecule has 120 valence electrons. The summed E-state index contributed by atoms with van der Waals surface area (Å²) in [7, 11) is 0. The van der Waals surface area contributed by atoms with Gasteiger partial charge >= 0.3 is 0 Å². The first-order chi connectivity index (χ1) is 11.2. The number of carbonyl (C=O) groups excluding carboxylic acids is 1. The Morgan fingerprint density at radius 2 is 2.04 bits per heavy atom. The monoisotopic (exact) mass is 312 g/mol. The first-order valence-corrected chi connectivity index (χ1v) is 8.18. The van der Waals surface area contributed by atoms with Crippen molar-refractivity contribution in [1.29, 1.82) is 0 Å². The minimum absolute atomic E-state index is 0.0748. The third-order valence-electron chi connectivity index (χ3n) is 4.43. The highest BCUT2D eigenvalue weighted by atomic mass is 19.1. The number of aromatic nitrogens is 1. The van der Waals surface area contributed by atoms with E-state index in [0.717, 1.165) is 36.9 Å². The fraction of sp³-hybridized carbons (Fsp3) is 0.368. The maximum atomic E-state index is 13.1. The number of halogens is 1. The fourth-order valence-corrected chi connectivity index (χ4v) is 3.20. The van der Waals surface area contributed by atoms with Crippen LogP contribution >= 0.6 is 0 Å². The van der Waals surface area contributed by atoms with Crippen molar-refractivity contribution in [3.8, 4) is 0 Å². The molecule has 3 rings (SSSR count). The van der Waals surface area contributed by atoms with Gasteiger partial charge in [-0.3, -0.25) is 9.78 Å². The van der Waals surface area contributed by atoms with Crippen LogP contribution in [0, 0.1) is 5.82 Å². The third-order valence-corrected chi connectivity index (χ3v) is 4.43. The summed E-state index contributed by atoms with van der Waals surface area (Å²) in [5, 5.41) is 0. The number of rotatable bonds is 4. The van der Waals surface area contributed by atoms with Gasteiger partial charge in [0, 0.05) is 25.4 Å². The lowest BCUT2D eigenvalue weighted by Crippen LogP contribution is -2.38. The molecule has 23 heavy (non-hydrogen) atoms. The zero-order valence-electron chi connectivity index (χ0n) is 13.1. The smallest absolute Gasteiger partial charge is 0.223 e. The summed E-state index contributed by atoms with van der Waals surface area (Å²) in [5.74, 6) is -0.0677. The Morgan fingerprint density at radius 1 is 1.22 bits per heavy atom. The van der Waals surface area contributed by atoms with Crippen LogP contribution in [0.4, 0.5) is 4.39 Å². The molecule has 1 unspecified atom stereocenters. The fourth-order valence-electron chi connectivity index (χ4n) is 3.20. The molecule has 0 bridgehead atoms. The number of carbonyl (C=O) groups is 1. The zero-order chi connectivity index (χ0) is 16.1. The van der Waals surface area contributed by atoms with E-state index < -0.39 is 0 Å². The lowest BCUT2D eigenvalue weighted by atomic mass is 9.94. The van der Waals surface area contributed by atoms with Gasteiger partial charge < -0.3 is 4.90 Å². The van der Waals surface area contributed by atoms with E-state index in [4.69, 9.17) is 0 Å². The molecule has 1 aliphatic heterocycles. The van der Waals surface area contributed by atoms with Crippen LogP contribution in [0.25, 0.3) is 0 Å². The van der Waals surface area contributed by atoms with Gasteiger partial charge in [-0.25, -0.2) is 4.39 Å². The van der Waals surface area contributed by atoms with Crippen LogP contribution in [-0.4, -0.2) is 22.3 Å². The predicted octanol–water partition coefficient (Wildman–Crippen LogP) is 3.91. The summed E-state index contributed by atoms with van der Waals surface area (Å²) >= 11 is 0. The van der Waals surface area contributed by atoms with E-state index in [2.05, 4.69) is 4.98 Å². The predicted molar refractivity (Wildman–Crippen MR) is 87.3 cm³/mol. The molecule has 2 aromatic rings. The van der Waals surface area contributed by atoms with Gasteiger partial charge in [-0.05, 0) is 55.0 Å². The first kappa shape index (κ1) is 15.7. The van der Waals surface area contributed by atoms with Crippen LogP contribution in [0.1, 0.15) is 42.9 Å². The number of amides is 1. The molecule has 4 heteroatoms. The molecule has 1 saturated heterocycles. The number of hydrogen-bond acceptors (Lipinski definition) is 2. The second-order valence-electron chi connectivity index (χ2n) is 6.01. The summed E-state index contributed by atoms with van der Waals surface area (Å²) in [6, 6.07) is 10.5. The molecular weight excluding hydrogens is 291 g/mol. The van der Waals surface area contributed by atoms with E-state index in [-0.39, 0.29) is 17.8 Å². The molecule has 3 nitrogen and oxygen atoms in total. The van der Waals surface area contributed by atoms with Gasteiger partial charge in [0.25, 0.3) is 0 Å². The highest BCUT2D eigenvalue weighted by molar-refractivity contribution is 5.77. The van der Waals surface area contributed by atoms with Gasteiger partial charge in [0.05, 0.1) is 6.04 Å². The van der Waals surface area contributed by atoms with Gasteiger partial charge in [0.15, 0.2) is 0 Å². The van der Waals surface area contributed by atoms with Crippen molar-refractivity contribution < 1.29 is 9.18 Å². The Kier molecular flexibility index (Phi) is 5.01. The lowest BCUT2D eigenvalue weighted by Gasteiger charge is -2.36. The second-order valence-corrected chi connectivity index (χ2v) is 6.01. The summed E-state index contributed by atoms with van der Waals surface area (Å²) in [6.07, 6.45) is 7.83. The van der Waals surface area contributed by atoms with Crippen molar-refractivity contribution in [2.24, 2.45) is 0 Å². The topological polar surface area (TPSA) is 33.2 Å². The number of pyridine rings is 1. The minimum Gasteiger partial charge on any atom is -0.336 e. The molecule has 1 amide bonds. The lowest BCUT2D eigenvalue weighted by molar-refractivity contribution is -0.135. The van der Waals surface area contributed by atoms with Crippen LogP contribution in [0.3, 0.4) is 0 Å². The summed E-state index contributed by atoms with van der Waals surface area (Å²) in [4.78, 5) is 18.7. The normalized spacial score (nSPS) is 18.0. The van der Waals surface area contributed by atoms with Crippen LogP contribution in [0.5, 0.6) is 0 Å². The molecule has 0 N–H and O–H groups in total. The third kappa shape index (κ3) is 3.95. The first-order valence-electron chi connectivity index (χ1n) is 8.18. The average Bonchev–Trinajstić information content (AvgIpc) is 2.61. The zero-order valence-corrected chi connectivity index (χ0v) is 13.1. The Balaban J connectivity index is 1.68. The SMILES string of the molecule is O=C(CCc1cccnc1)N1CCCCC1c1ccc(F)cc1. The minimum atomic E-state index is -0.237. The van der Waals surface area contributed by atoms with Crippen LogP contribution in [0.2, 0.25) is 0 Å². The average molecular weight is 312 g/mol. The molecule has 2 heterocycles. The molecule has 0 aliphatic carbocycles. The molecule has 1 aliphatic rings. The van der Waals surface area contributed by atoms with Crippen molar-refractivity contribution in [2.75, 3.05) is 6.54 Å². The Bertz CT molecular complexity index is 642. The molecule has 1 atom stereocenters. The van der Waals surface area contributed by atoms with Crippen molar-refractivity contribution >= 4 is 5.91 Å². The molecule has 0 radical (unpaired) electrons. The standard InChI is InChI=1S/C19H21FN2O/c20-17-9-7-16(8-10-17)18-5-1-2-13-22(18)19(23)11-6-15-4-3-12-21-14-15/h3-4,7-10,12,14,18H,1-2,5-6,11,13H2. The van der Waals surface area contributed by atoms with Crippen molar-refractivity contribution in [3.05, 3.63) is 65.7 Å². The number of nitrogens with zero attached hydrogens (tertiary/aromatic N) is 2. The van der Waals surface area contributed by atoms with Crippen molar-refractivity contribution in [2.45, 2.75) is 38.1 Å². The number of likely N-dealkylation sites (tertiary alicyclic amines) is 1. The maximum absolute atomic E-state index is 13.1. The number of aryl methyl sites for hydroxylation is 1. The molecule has 0 spiro atoms. The largest absolute Gasteiger partial charge is 0.336 e. The van der Waals surface area contributed by atoms with E-state index in [1.54, 1.807) is 24.5 Å². The number of benzene rings is 1. The van der Waals surface area contributed by atoms with E-state index >= 15 is 0 Å². The molecule has 1 aromatic heterocycles. The van der Waals surface area contributed by atoms with Gasteiger partial charge in [-0.2, -0.15) is 0 Å². The Labute approximate surface area is 136 Å². The quantitative estimate of drug-likeness (QED) is 0.857. The van der Waals surface area contributed by atoms with E-state index in [0.29, 0.717) is 12.8 Å². The summed E-state index contributed by atoms with van der Waals surface area (Å²) < 4.78 is 13.1. The maximum Gasteiger partial charge on any atom is 0.223 e. The van der Waals surface area contributed by atoms with Gasteiger partial charge in [0.1, 0.15) is 5.82 Å². The Hall–Kier alpha value is -2.23. The van der Waals surface area contributed by atoms with Gasteiger partial charge in [-0.1, -0.05) is 18.2 Å². The van der Waals surface area contributed by atoms with Crippen LogP contribution in [0.15, 0.2) is 48.8 Å². The Morgan fingerprint density at radius 3 is 2.78 bits per heavy atom. The van der Waals surface area contributed by atoms with Crippen molar-refractivity contribution in [3.63, 3.8) is 0 Å². The number of hydrogen-bond donors (Lipinski definition) is 0. The van der Waals surface area contributed by atoms with Crippen LogP contribution in [-0.2, 0) is 11.2 Å². The highest BCUT2D eigenvalue weighted by Gasteiger charge is 2.27. The van der Waals surface area contributed by atoms with E-state index in [9.17, 15) is 9.18 Å². The summed E-state index contributed by atoms with van der Waals surface area (Å²) in [6.45, 7) is 0.786. The molecule has 1 aromatic carbocycles. The van der Waals surface area contributed by atoms with Gasteiger partial charge in [-0.15, -0.1) is 0 Å². The summed E-state index contributed by atoms with van der Waals surface area (Å²) in [5.41, 5.74) is 2.11. The number of piperidine rings is 1. The molecule has 1 fully saturated rings. The highest BCUT2D eigenvalue weighted by Crippen LogP contribution is 2.31. The van der Waals surface area contributed by atoms with E-state index in [1.165, 1.54) is 12.1 Å². The molecule has 0 saturated carbocycles. The second kappa shape index (κ2) is 7.36. The van der Waals surface area contributed by atoms with E-state index in [1.807, 2.05) is 17.0 Å². The molecular formula is C19H21FN2O. The van der Waals surface area contributed by atoms with Gasteiger partial charge in [0.2, 0.25) is 5.91 Å².